The summed E-state index contributed by atoms with van der Waals surface area (Å²) in [4.78, 5) is 0. The highest BCUT2D eigenvalue weighted by atomic mass is 16.8. The lowest BCUT2D eigenvalue weighted by molar-refractivity contribution is -0.192. The maximum atomic E-state index is 6.80. The zero-order valence-electron chi connectivity index (χ0n) is 29.8. The fourth-order valence-corrected chi connectivity index (χ4v) is 6.96. The topological polar surface area (TPSA) is 18.5 Å². The van der Waals surface area contributed by atoms with Gasteiger partial charge in [-0.1, -0.05) is 153 Å². The van der Waals surface area contributed by atoms with Crippen molar-refractivity contribution < 1.29 is 9.47 Å². The summed E-state index contributed by atoms with van der Waals surface area (Å²) >= 11 is 0. The average Bonchev–Trinajstić information content (AvgIpc) is 3.57. The Balaban J connectivity index is 1.54. The molecular formula is C42H74O2. The molecule has 0 radical (unpaired) electrons. The fourth-order valence-electron chi connectivity index (χ4n) is 6.96. The molecule has 0 amide bonds. The summed E-state index contributed by atoms with van der Waals surface area (Å²) in [5.74, 6) is 0.525. The number of rotatable bonds is 29. The predicted octanol–water partition coefficient (Wildman–Crippen LogP) is 13.9. The van der Waals surface area contributed by atoms with Crippen LogP contribution in [0.1, 0.15) is 194 Å². The summed E-state index contributed by atoms with van der Waals surface area (Å²) in [6.07, 6.45) is 53.8. The van der Waals surface area contributed by atoms with Gasteiger partial charge in [-0.3, -0.25) is 0 Å². The van der Waals surface area contributed by atoms with Crippen molar-refractivity contribution in [3.05, 3.63) is 48.6 Å². The monoisotopic (exact) mass is 611 g/mol. The van der Waals surface area contributed by atoms with Crippen molar-refractivity contribution in [2.75, 3.05) is 0 Å². The van der Waals surface area contributed by atoms with Crippen LogP contribution < -0.4 is 0 Å². The van der Waals surface area contributed by atoms with E-state index in [0.29, 0.717) is 12.2 Å². The summed E-state index contributed by atoms with van der Waals surface area (Å²) in [6.45, 7) is 6.84. The Morgan fingerprint density at radius 3 is 1.20 bits per heavy atom. The van der Waals surface area contributed by atoms with Gasteiger partial charge >= 0.3 is 0 Å². The first-order valence-corrected chi connectivity index (χ1v) is 19.7. The molecule has 254 valence electrons. The highest BCUT2D eigenvalue weighted by molar-refractivity contribution is 4.95. The summed E-state index contributed by atoms with van der Waals surface area (Å²) in [6, 6.07) is 0. The number of ether oxygens (including phenoxy) is 2. The third-order valence-electron chi connectivity index (χ3n) is 9.87. The molecule has 0 spiro atoms. The quantitative estimate of drug-likeness (QED) is 0.0619. The third kappa shape index (κ3) is 18.8. The normalized spacial score (nSPS) is 21.7. The van der Waals surface area contributed by atoms with Gasteiger partial charge in [-0.25, -0.2) is 0 Å². The Morgan fingerprint density at radius 1 is 0.455 bits per heavy atom. The highest BCUT2D eigenvalue weighted by Crippen LogP contribution is 2.46. The van der Waals surface area contributed by atoms with Crippen molar-refractivity contribution in [3.63, 3.8) is 0 Å². The first-order valence-electron chi connectivity index (χ1n) is 19.7. The van der Waals surface area contributed by atoms with Crippen molar-refractivity contribution in [2.24, 2.45) is 5.92 Å². The first kappa shape index (κ1) is 39.1. The smallest absolute Gasteiger partial charge is 0.169 e. The van der Waals surface area contributed by atoms with Gasteiger partial charge in [0.2, 0.25) is 0 Å². The van der Waals surface area contributed by atoms with E-state index in [-0.39, 0.29) is 5.79 Å². The maximum Gasteiger partial charge on any atom is 0.169 e. The van der Waals surface area contributed by atoms with E-state index in [1.54, 1.807) is 0 Å². The lowest BCUT2D eigenvalue weighted by Crippen LogP contribution is -2.32. The molecule has 1 saturated heterocycles. The fraction of sp³-hybridized carbons (Fsp3) is 0.810. The van der Waals surface area contributed by atoms with Crippen LogP contribution in [0.4, 0.5) is 0 Å². The van der Waals surface area contributed by atoms with E-state index in [4.69, 9.17) is 9.47 Å². The van der Waals surface area contributed by atoms with Crippen LogP contribution in [0.2, 0.25) is 0 Å². The number of fused-ring (bicyclic) bond motifs is 1. The molecule has 3 atom stereocenters. The lowest BCUT2D eigenvalue weighted by atomic mass is 9.98. The van der Waals surface area contributed by atoms with Crippen molar-refractivity contribution >= 4 is 0 Å². The van der Waals surface area contributed by atoms with E-state index >= 15 is 0 Å². The Bertz CT molecular complexity index is 700. The third-order valence-corrected chi connectivity index (χ3v) is 9.87. The molecule has 0 bridgehead atoms. The molecule has 2 aliphatic rings. The van der Waals surface area contributed by atoms with Crippen LogP contribution >= 0.6 is 0 Å². The zero-order valence-corrected chi connectivity index (χ0v) is 29.8. The van der Waals surface area contributed by atoms with E-state index in [1.807, 2.05) is 0 Å². The average molecular weight is 611 g/mol. The van der Waals surface area contributed by atoms with Crippen LogP contribution in [0.15, 0.2) is 48.6 Å². The van der Waals surface area contributed by atoms with Crippen molar-refractivity contribution in [2.45, 2.75) is 212 Å². The Morgan fingerprint density at radius 2 is 0.818 bits per heavy atom. The van der Waals surface area contributed by atoms with Gasteiger partial charge in [0, 0.05) is 12.8 Å². The Labute approximate surface area is 275 Å². The molecule has 1 aliphatic heterocycles. The number of allylic oxidation sites excluding steroid dienone is 8. The molecule has 0 unspecified atom stereocenters. The zero-order chi connectivity index (χ0) is 31.4. The standard InChI is InChI=1S/C42H74O2/c1-4-7-9-11-13-15-17-19-21-23-25-27-29-31-33-35-42(43-40-37-39(6-3)38-41(40)44-42)36-34-32-30-28-26-24-22-20-18-16-14-12-10-8-5-2/h11-14,17-20,39-41H,4-10,15-16,21-38H2,1-3H3/b13-11-,14-12-,19-17-,20-18-/t39-,40-,41+. The van der Waals surface area contributed by atoms with Gasteiger partial charge in [-0.2, -0.15) is 0 Å². The highest BCUT2D eigenvalue weighted by Gasteiger charge is 2.50. The minimum Gasteiger partial charge on any atom is -0.344 e. The van der Waals surface area contributed by atoms with Gasteiger partial charge in [0.25, 0.3) is 0 Å². The van der Waals surface area contributed by atoms with E-state index in [0.717, 1.165) is 31.6 Å². The molecule has 1 aliphatic carbocycles. The Hall–Kier alpha value is -1.12. The van der Waals surface area contributed by atoms with Gasteiger partial charge in [-0.15, -0.1) is 0 Å². The summed E-state index contributed by atoms with van der Waals surface area (Å²) < 4.78 is 13.6. The molecule has 44 heavy (non-hydrogen) atoms. The summed E-state index contributed by atoms with van der Waals surface area (Å²) in [7, 11) is 0. The van der Waals surface area contributed by atoms with Gasteiger partial charge in [-0.05, 0) is 83.0 Å². The Kier molecular flexibility index (Phi) is 24.0. The number of hydrogen-bond donors (Lipinski definition) is 0. The lowest BCUT2D eigenvalue weighted by Gasteiger charge is -2.30. The molecule has 0 aromatic rings. The summed E-state index contributed by atoms with van der Waals surface area (Å²) in [5.41, 5.74) is 0. The second-order valence-corrected chi connectivity index (χ2v) is 13.9. The van der Waals surface area contributed by atoms with Gasteiger partial charge < -0.3 is 9.47 Å². The van der Waals surface area contributed by atoms with Crippen molar-refractivity contribution in [3.8, 4) is 0 Å². The second-order valence-electron chi connectivity index (χ2n) is 13.9. The molecule has 0 aromatic heterocycles. The molecule has 1 saturated carbocycles. The molecule has 0 N–H and O–H groups in total. The maximum absolute atomic E-state index is 6.80. The van der Waals surface area contributed by atoms with Crippen molar-refractivity contribution in [1.29, 1.82) is 0 Å². The molecule has 0 aromatic carbocycles. The minimum atomic E-state index is -0.278. The predicted molar refractivity (Wildman–Crippen MR) is 194 cm³/mol. The number of unbranched alkanes of at least 4 members (excludes halogenated alkanes) is 16. The molecule has 2 rings (SSSR count). The van der Waals surface area contributed by atoms with Crippen LogP contribution in [0.25, 0.3) is 0 Å². The van der Waals surface area contributed by atoms with Crippen molar-refractivity contribution in [1.82, 2.24) is 0 Å². The van der Waals surface area contributed by atoms with Gasteiger partial charge in [0.15, 0.2) is 5.79 Å². The van der Waals surface area contributed by atoms with Crippen LogP contribution in [0, 0.1) is 5.92 Å². The van der Waals surface area contributed by atoms with E-state index < -0.39 is 0 Å². The van der Waals surface area contributed by atoms with Crippen LogP contribution in [0.5, 0.6) is 0 Å². The van der Waals surface area contributed by atoms with Crippen LogP contribution in [0.3, 0.4) is 0 Å². The minimum absolute atomic E-state index is 0.278. The second kappa shape index (κ2) is 27.0. The molecule has 2 fully saturated rings. The van der Waals surface area contributed by atoms with Crippen LogP contribution in [-0.2, 0) is 9.47 Å². The molecule has 1 heterocycles. The largest absolute Gasteiger partial charge is 0.344 e. The SMILES string of the molecule is CCCC/C=C\C/C=C\CCCCCCCCC1(CCCCCCCC/C=C\C/C=C\CCCC)O[C@H]2C[C@H](CC)C[C@H]2O1. The van der Waals surface area contributed by atoms with Crippen LogP contribution in [-0.4, -0.2) is 18.0 Å². The summed E-state index contributed by atoms with van der Waals surface area (Å²) in [5, 5.41) is 0. The first-order chi connectivity index (χ1) is 21.7. The van der Waals surface area contributed by atoms with Gasteiger partial charge in [0.05, 0.1) is 12.2 Å². The van der Waals surface area contributed by atoms with E-state index in [1.165, 1.54) is 148 Å². The molecular weight excluding hydrogens is 536 g/mol. The van der Waals surface area contributed by atoms with Gasteiger partial charge in [0.1, 0.15) is 0 Å². The molecule has 2 heteroatoms. The van der Waals surface area contributed by atoms with E-state index in [9.17, 15) is 0 Å². The van der Waals surface area contributed by atoms with E-state index in [2.05, 4.69) is 69.4 Å². The number of hydrogen-bond acceptors (Lipinski definition) is 2. The molecule has 2 nitrogen and oxygen atoms in total.